The van der Waals surface area contributed by atoms with Gasteiger partial charge in [-0.15, -0.1) is 0 Å². The number of thiocarbonyl (C=S) groups is 1. The Morgan fingerprint density at radius 1 is 1.31 bits per heavy atom. The Kier molecular flexibility index (Phi) is 5.70. The van der Waals surface area contributed by atoms with Crippen LogP contribution in [0.15, 0.2) is 58.1 Å². The van der Waals surface area contributed by atoms with Crippen LogP contribution in [0.2, 0.25) is 0 Å². The number of nitrogens with zero attached hydrogens (tertiary/aromatic N) is 1. The standard InChI is InChI=1S/C19H16N2O3S2/c1-2-21-18(23)16(26-19(21)25)12-13-5-7-14(8-6-13)20-17(22)10-9-15-4-3-11-24-15/h3-12H,2H2,1H3,(H,20,22)/b10-9+,16-12-. The highest BCUT2D eigenvalue weighted by Gasteiger charge is 2.30. The van der Waals surface area contributed by atoms with Crippen LogP contribution in [-0.4, -0.2) is 27.6 Å². The number of benzene rings is 1. The van der Waals surface area contributed by atoms with E-state index in [0.717, 1.165) is 5.56 Å². The monoisotopic (exact) mass is 384 g/mol. The van der Waals surface area contributed by atoms with Crippen LogP contribution in [0.5, 0.6) is 0 Å². The molecule has 2 heterocycles. The van der Waals surface area contributed by atoms with Crippen LogP contribution in [-0.2, 0) is 9.59 Å². The average Bonchev–Trinajstić information content (AvgIpc) is 3.23. The fourth-order valence-electron chi connectivity index (χ4n) is 2.31. The minimum absolute atomic E-state index is 0.0667. The molecule has 0 saturated carbocycles. The van der Waals surface area contributed by atoms with Gasteiger partial charge < -0.3 is 9.73 Å². The van der Waals surface area contributed by atoms with Crippen molar-refractivity contribution in [1.82, 2.24) is 4.90 Å². The zero-order valence-electron chi connectivity index (χ0n) is 14.0. The molecule has 0 spiro atoms. The molecule has 7 heteroatoms. The number of nitrogens with one attached hydrogen (secondary N) is 1. The number of carbonyl (C=O) groups excluding carboxylic acids is 2. The molecule has 2 amide bonds. The number of hydrogen-bond acceptors (Lipinski definition) is 5. The van der Waals surface area contributed by atoms with Crippen molar-refractivity contribution in [3.63, 3.8) is 0 Å². The number of likely N-dealkylation sites (N-methyl/N-ethyl adjacent to an activating group) is 1. The number of anilines is 1. The van der Waals surface area contributed by atoms with Crippen LogP contribution < -0.4 is 5.32 Å². The third kappa shape index (κ3) is 4.30. The summed E-state index contributed by atoms with van der Waals surface area (Å²) in [6.07, 6.45) is 6.35. The lowest BCUT2D eigenvalue weighted by Crippen LogP contribution is -2.27. The molecular formula is C19H16N2O3S2. The van der Waals surface area contributed by atoms with Gasteiger partial charge in [-0.2, -0.15) is 0 Å². The molecule has 3 rings (SSSR count). The molecule has 0 bridgehead atoms. The first-order chi connectivity index (χ1) is 12.6. The SMILES string of the molecule is CCN1C(=O)/C(=C/c2ccc(NC(=O)/C=C/c3ccco3)cc2)SC1=S. The van der Waals surface area contributed by atoms with E-state index < -0.39 is 0 Å². The van der Waals surface area contributed by atoms with E-state index in [9.17, 15) is 9.59 Å². The third-order valence-corrected chi connectivity index (χ3v) is 4.99. The van der Waals surface area contributed by atoms with Crippen LogP contribution in [0.1, 0.15) is 18.2 Å². The van der Waals surface area contributed by atoms with E-state index >= 15 is 0 Å². The van der Waals surface area contributed by atoms with Crippen LogP contribution in [0.3, 0.4) is 0 Å². The summed E-state index contributed by atoms with van der Waals surface area (Å²) in [5.41, 5.74) is 1.53. The van der Waals surface area contributed by atoms with E-state index in [1.807, 2.05) is 19.1 Å². The summed E-state index contributed by atoms with van der Waals surface area (Å²) in [4.78, 5) is 26.3. The summed E-state index contributed by atoms with van der Waals surface area (Å²) < 4.78 is 5.71. The molecule has 1 fully saturated rings. The number of furan rings is 1. The van der Waals surface area contributed by atoms with Crippen LogP contribution >= 0.6 is 24.0 Å². The predicted octanol–water partition coefficient (Wildman–Crippen LogP) is 4.15. The first-order valence-electron chi connectivity index (χ1n) is 7.95. The van der Waals surface area contributed by atoms with Crippen molar-refractivity contribution >= 4 is 58.0 Å². The van der Waals surface area contributed by atoms with Gasteiger partial charge in [0.15, 0.2) is 0 Å². The predicted molar refractivity (Wildman–Crippen MR) is 108 cm³/mol. The fourth-order valence-corrected chi connectivity index (χ4v) is 3.70. The van der Waals surface area contributed by atoms with Gasteiger partial charge in [0, 0.05) is 18.3 Å². The normalized spacial score (nSPS) is 16.0. The van der Waals surface area contributed by atoms with Crippen LogP contribution in [0.25, 0.3) is 12.2 Å². The minimum atomic E-state index is -0.252. The summed E-state index contributed by atoms with van der Waals surface area (Å²) in [6, 6.07) is 10.8. The number of carbonyl (C=O) groups is 2. The zero-order chi connectivity index (χ0) is 18.5. The topological polar surface area (TPSA) is 62.6 Å². The van der Waals surface area contributed by atoms with Gasteiger partial charge >= 0.3 is 0 Å². The van der Waals surface area contributed by atoms with Gasteiger partial charge in [0.1, 0.15) is 10.1 Å². The van der Waals surface area contributed by atoms with Gasteiger partial charge in [0.25, 0.3) is 5.91 Å². The van der Waals surface area contributed by atoms with E-state index in [0.29, 0.717) is 27.2 Å². The molecule has 0 unspecified atom stereocenters. The van der Waals surface area contributed by atoms with E-state index in [2.05, 4.69) is 5.32 Å². The molecule has 5 nitrogen and oxygen atoms in total. The highest BCUT2D eigenvalue weighted by molar-refractivity contribution is 8.26. The smallest absolute Gasteiger partial charge is 0.266 e. The van der Waals surface area contributed by atoms with E-state index in [4.69, 9.17) is 16.6 Å². The average molecular weight is 384 g/mol. The van der Waals surface area contributed by atoms with Gasteiger partial charge in [-0.3, -0.25) is 14.5 Å². The number of rotatable bonds is 5. The molecule has 1 N–H and O–H groups in total. The maximum atomic E-state index is 12.2. The van der Waals surface area contributed by atoms with Crippen molar-refractivity contribution in [2.24, 2.45) is 0 Å². The van der Waals surface area contributed by atoms with Gasteiger partial charge in [0.2, 0.25) is 5.91 Å². The second-order valence-electron chi connectivity index (χ2n) is 5.39. The molecule has 1 aliphatic rings. The van der Waals surface area contributed by atoms with Gasteiger partial charge in [-0.1, -0.05) is 36.1 Å². The lowest BCUT2D eigenvalue weighted by molar-refractivity contribution is -0.122. The quantitative estimate of drug-likeness (QED) is 0.620. The first-order valence-corrected chi connectivity index (χ1v) is 9.17. The summed E-state index contributed by atoms with van der Waals surface area (Å²) in [6.45, 7) is 2.46. The Labute approximate surface area is 160 Å². The maximum Gasteiger partial charge on any atom is 0.266 e. The summed E-state index contributed by atoms with van der Waals surface area (Å²) in [5.74, 6) is 0.292. The summed E-state index contributed by atoms with van der Waals surface area (Å²) in [5, 5.41) is 2.77. The largest absolute Gasteiger partial charge is 0.465 e. The summed E-state index contributed by atoms with van der Waals surface area (Å²) in [7, 11) is 0. The number of hydrogen-bond donors (Lipinski definition) is 1. The van der Waals surface area contributed by atoms with Crippen LogP contribution in [0, 0.1) is 0 Å². The first kappa shape index (κ1) is 18.2. The minimum Gasteiger partial charge on any atom is -0.465 e. The molecule has 1 aromatic carbocycles. The molecule has 1 aromatic heterocycles. The van der Waals surface area contributed by atoms with Crippen LogP contribution in [0.4, 0.5) is 5.69 Å². The van der Waals surface area contributed by atoms with Crippen molar-refractivity contribution in [2.45, 2.75) is 6.92 Å². The van der Waals surface area contributed by atoms with Gasteiger partial charge in [0.05, 0.1) is 11.2 Å². The second-order valence-corrected chi connectivity index (χ2v) is 7.06. The number of thioether (sulfide) groups is 1. The molecule has 1 saturated heterocycles. The maximum absolute atomic E-state index is 12.2. The van der Waals surface area contributed by atoms with Gasteiger partial charge in [-0.05, 0) is 48.9 Å². The molecule has 0 aliphatic carbocycles. The summed E-state index contributed by atoms with van der Waals surface area (Å²) >= 11 is 6.50. The zero-order valence-corrected chi connectivity index (χ0v) is 15.6. The highest BCUT2D eigenvalue weighted by atomic mass is 32.2. The fraction of sp³-hybridized carbons (Fsp3) is 0.105. The van der Waals surface area contributed by atoms with Crippen molar-refractivity contribution in [1.29, 1.82) is 0 Å². The van der Waals surface area contributed by atoms with E-state index in [1.54, 1.807) is 47.6 Å². The highest BCUT2D eigenvalue weighted by Crippen LogP contribution is 2.32. The Morgan fingerprint density at radius 3 is 2.69 bits per heavy atom. The molecule has 2 aromatic rings. The second kappa shape index (κ2) is 8.16. The van der Waals surface area contributed by atoms with Crippen molar-refractivity contribution in [2.75, 3.05) is 11.9 Å². The Balaban J connectivity index is 1.64. The molecule has 1 aliphatic heterocycles. The Morgan fingerprint density at radius 2 is 2.08 bits per heavy atom. The molecular weight excluding hydrogens is 368 g/mol. The molecule has 132 valence electrons. The third-order valence-electron chi connectivity index (χ3n) is 3.61. The molecule has 26 heavy (non-hydrogen) atoms. The molecule has 0 atom stereocenters. The lowest BCUT2D eigenvalue weighted by Gasteiger charge is -2.09. The van der Waals surface area contributed by atoms with Crippen molar-refractivity contribution in [3.8, 4) is 0 Å². The Bertz CT molecular complexity index is 884. The van der Waals surface area contributed by atoms with E-state index in [1.165, 1.54) is 17.8 Å². The van der Waals surface area contributed by atoms with Gasteiger partial charge in [-0.25, -0.2) is 0 Å². The van der Waals surface area contributed by atoms with Crippen molar-refractivity contribution < 1.29 is 14.0 Å². The molecule has 0 radical (unpaired) electrons. The van der Waals surface area contributed by atoms with Crippen molar-refractivity contribution in [3.05, 3.63) is 65.0 Å². The van der Waals surface area contributed by atoms with E-state index in [-0.39, 0.29) is 11.8 Å². The Hall–Kier alpha value is -2.64. The lowest BCUT2D eigenvalue weighted by atomic mass is 10.2. The number of amides is 2.